The number of amides is 1. The van der Waals surface area contributed by atoms with Crippen molar-refractivity contribution in [3.63, 3.8) is 0 Å². The van der Waals surface area contributed by atoms with E-state index in [2.05, 4.69) is 4.90 Å². The summed E-state index contributed by atoms with van der Waals surface area (Å²) in [6.07, 6.45) is 7.35. The normalized spacial score (nSPS) is 24.1. The van der Waals surface area contributed by atoms with Crippen LogP contribution in [0.1, 0.15) is 48.9 Å². The number of hydrogen-bond donors (Lipinski definition) is 0. The molecule has 1 aromatic carbocycles. The van der Waals surface area contributed by atoms with Gasteiger partial charge in [0.25, 0.3) is 5.91 Å². The lowest BCUT2D eigenvalue weighted by Crippen LogP contribution is -2.53. The van der Waals surface area contributed by atoms with Gasteiger partial charge in [0.1, 0.15) is 0 Å². The van der Waals surface area contributed by atoms with Gasteiger partial charge in [-0.15, -0.1) is 0 Å². The summed E-state index contributed by atoms with van der Waals surface area (Å²) < 4.78 is 10.6. The molecule has 3 rings (SSSR count). The lowest BCUT2D eigenvalue weighted by Gasteiger charge is -2.42. The molecule has 2 aliphatic rings. The first-order chi connectivity index (χ1) is 12.2. The molecule has 2 atom stereocenters. The van der Waals surface area contributed by atoms with Crippen molar-refractivity contribution in [1.82, 2.24) is 9.80 Å². The maximum atomic E-state index is 13.1. The molecule has 1 aliphatic carbocycles. The predicted molar refractivity (Wildman–Crippen MR) is 98.5 cm³/mol. The lowest BCUT2D eigenvalue weighted by atomic mass is 9.88. The largest absolute Gasteiger partial charge is 0.493 e. The monoisotopic (exact) mass is 346 g/mol. The molecule has 0 unspecified atom stereocenters. The van der Waals surface area contributed by atoms with Crippen LogP contribution in [0.4, 0.5) is 0 Å². The van der Waals surface area contributed by atoms with E-state index in [4.69, 9.17) is 9.47 Å². The average Bonchev–Trinajstić information content (AvgIpc) is 3.20. The van der Waals surface area contributed by atoms with Gasteiger partial charge in [-0.1, -0.05) is 12.8 Å². The van der Waals surface area contributed by atoms with Crippen LogP contribution in [0.3, 0.4) is 0 Å². The summed E-state index contributed by atoms with van der Waals surface area (Å²) in [7, 11) is 5.16. The van der Waals surface area contributed by atoms with Crippen molar-refractivity contribution in [3.8, 4) is 11.5 Å². The second-order valence-electron chi connectivity index (χ2n) is 7.15. The number of carbonyl (C=O) groups excluding carboxylic acids is 1. The Balaban J connectivity index is 1.78. The molecule has 2 fully saturated rings. The van der Waals surface area contributed by atoms with Crippen molar-refractivity contribution in [2.75, 3.05) is 34.4 Å². The summed E-state index contributed by atoms with van der Waals surface area (Å²) in [4.78, 5) is 17.6. The van der Waals surface area contributed by atoms with Gasteiger partial charge >= 0.3 is 0 Å². The van der Waals surface area contributed by atoms with E-state index in [1.54, 1.807) is 26.4 Å². The highest BCUT2D eigenvalue weighted by Crippen LogP contribution is 2.31. The highest BCUT2D eigenvalue weighted by molar-refractivity contribution is 5.95. The molecule has 0 bridgehead atoms. The van der Waals surface area contributed by atoms with Crippen LogP contribution in [0.25, 0.3) is 0 Å². The number of likely N-dealkylation sites (tertiary alicyclic amines) is 1. The third-order valence-corrected chi connectivity index (χ3v) is 5.75. The summed E-state index contributed by atoms with van der Waals surface area (Å²) in [5.74, 6) is 1.31. The quantitative estimate of drug-likeness (QED) is 0.821. The van der Waals surface area contributed by atoms with Gasteiger partial charge in [-0.25, -0.2) is 0 Å². The third kappa shape index (κ3) is 3.76. The molecule has 0 aromatic heterocycles. The van der Waals surface area contributed by atoms with E-state index in [1.165, 1.54) is 45.2 Å². The Kier molecular flexibility index (Phi) is 5.84. The second-order valence-corrected chi connectivity index (χ2v) is 7.15. The smallest absolute Gasteiger partial charge is 0.254 e. The Bertz CT molecular complexity index is 599. The fourth-order valence-corrected chi connectivity index (χ4v) is 4.37. The van der Waals surface area contributed by atoms with Gasteiger partial charge in [0, 0.05) is 24.7 Å². The van der Waals surface area contributed by atoms with Crippen LogP contribution in [0.2, 0.25) is 0 Å². The minimum Gasteiger partial charge on any atom is -0.493 e. The standard InChI is InChI=1S/C20H30N2O3/c1-21(16-8-4-5-9-17(16)22-12-6-7-13-22)20(23)15-10-11-18(24-2)19(14-15)25-3/h10-11,14,16-17H,4-9,12-13H2,1-3H3/t16-,17-/m1/s1. The molecule has 5 nitrogen and oxygen atoms in total. The molecule has 0 radical (unpaired) electrons. The van der Waals surface area contributed by atoms with Crippen molar-refractivity contribution in [3.05, 3.63) is 23.8 Å². The fraction of sp³-hybridized carbons (Fsp3) is 0.650. The number of hydrogen-bond acceptors (Lipinski definition) is 4. The molecule has 1 saturated heterocycles. The zero-order valence-electron chi connectivity index (χ0n) is 15.7. The number of methoxy groups -OCH3 is 2. The summed E-state index contributed by atoms with van der Waals surface area (Å²) in [6, 6.07) is 6.22. The SMILES string of the molecule is COc1ccc(C(=O)N(C)[C@@H]2CCCC[C@H]2N2CCCC2)cc1OC. The van der Waals surface area contributed by atoms with Crippen LogP contribution < -0.4 is 9.47 Å². The van der Waals surface area contributed by atoms with Crippen molar-refractivity contribution >= 4 is 5.91 Å². The average molecular weight is 346 g/mol. The number of rotatable bonds is 5. The number of carbonyl (C=O) groups is 1. The molecule has 1 amide bonds. The Morgan fingerprint density at radius 3 is 2.40 bits per heavy atom. The first-order valence-electron chi connectivity index (χ1n) is 9.39. The first-order valence-corrected chi connectivity index (χ1v) is 9.39. The number of nitrogens with zero attached hydrogens (tertiary/aromatic N) is 2. The van der Waals surface area contributed by atoms with Crippen LogP contribution in [0, 0.1) is 0 Å². The van der Waals surface area contributed by atoms with Gasteiger partial charge in [-0.2, -0.15) is 0 Å². The molecule has 0 N–H and O–H groups in total. The maximum Gasteiger partial charge on any atom is 0.254 e. The minimum absolute atomic E-state index is 0.0667. The van der Waals surface area contributed by atoms with Crippen LogP contribution >= 0.6 is 0 Å². The topological polar surface area (TPSA) is 42.0 Å². The van der Waals surface area contributed by atoms with Gasteiger partial charge in [0.05, 0.1) is 14.2 Å². The van der Waals surface area contributed by atoms with E-state index < -0.39 is 0 Å². The van der Waals surface area contributed by atoms with E-state index >= 15 is 0 Å². The molecule has 0 spiro atoms. The first kappa shape index (κ1) is 18.1. The van der Waals surface area contributed by atoms with Crippen LogP contribution in [0.5, 0.6) is 11.5 Å². The predicted octanol–water partition coefficient (Wildman–Crippen LogP) is 3.18. The van der Waals surface area contributed by atoms with Gasteiger partial charge in [-0.05, 0) is 57.0 Å². The van der Waals surface area contributed by atoms with Gasteiger partial charge in [-0.3, -0.25) is 9.69 Å². The number of benzene rings is 1. The highest BCUT2D eigenvalue weighted by atomic mass is 16.5. The molecular formula is C20H30N2O3. The fourth-order valence-electron chi connectivity index (χ4n) is 4.37. The van der Waals surface area contributed by atoms with Crippen molar-refractivity contribution in [2.24, 2.45) is 0 Å². The molecule has 1 aromatic rings. The van der Waals surface area contributed by atoms with E-state index in [0.29, 0.717) is 29.1 Å². The van der Waals surface area contributed by atoms with Crippen LogP contribution in [-0.2, 0) is 0 Å². The summed E-state index contributed by atoms with van der Waals surface area (Å²) in [5.41, 5.74) is 0.658. The van der Waals surface area contributed by atoms with Crippen molar-refractivity contribution < 1.29 is 14.3 Å². The zero-order chi connectivity index (χ0) is 17.8. The van der Waals surface area contributed by atoms with E-state index in [9.17, 15) is 4.79 Å². The number of ether oxygens (including phenoxy) is 2. The Morgan fingerprint density at radius 1 is 1.04 bits per heavy atom. The van der Waals surface area contributed by atoms with Crippen LogP contribution in [0.15, 0.2) is 18.2 Å². The molecular weight excluding hydrogens is 316 g/mol. The molecule has 5 heteroatoms. The van der Waals surface area contributed by atoms with Gasteiger partial charge in [0.2, 0.25) is 0 Å². The van der Waals surface area contributed by atoms with Crippen molar-refractivity contribution in [1.29, 1.82) is 0 Å². The van der Waals surface area contributed by atoms with Crippen molar-refractivity contribution in [2.45, 2.75) is 50.6 Å². The zero-order valence-corrected chi connectivity index (χ0v) is 15.7. The summed E-state index contributed by atoms with van der Waals surface area (Å²) in [5, 5.41) is 0. The molecule has 1 aliphatic heterocycles. The van der Waals surface area contributed by atoms with Crippen LogP contribution in [-0.4, -0.2) is 62.1 Å². The van der Waals surface area contributed by atoms with E-state index in [0.717, 1.165) is 6.42 Å². The van der Waals surface area contributed by atoms with Gasteiger partial charge < -0.3 is 14.4 Å². The molecule has 1 saturated carbocycles. The minimum atomic E-state index is 0.0667. The Morgan fingerprint density at radius 2 is 1.72 bits per heavy atom. The lowest BCUT2D eigenvalue weighted by molar-refractivity contribution is 0.0496. The van der Waals surface area contributed by atoms with Gasteiger partial charge in [0.15, 0.2) is 11.5 Å². The second kappa shape index (κ2) is 8.09. The summed E-state index contributed by atoms with van der Waals surface area (Å²) >= 11 is 0. The molecule has 1 heterocycles. The maximum absolute atomic E-state index is 13.1. The Hall–Kier alpha value is -1.75. The third-order valence-electron chi connectivity index (χ3n) is 5.75. The summed E-state index contributed by atoms with van der Waals surface area (Å²) in [6.45, 7) is 2.36. The number of likely N-dealkylation sites (N-methyl/N-ethyl adjacent to an activating group) is 1. The highest BCUT2D eigenvalue weighted by Gasteiger charge is 2.35. The Labute approximate surface area is 150 Å². The molecule has 138 valence electrons. The van der Waals surface area contributed by atoms with E-state index in [1.807, 2.05) is 18.0 Å². The molecule has 25 heavy (non-hydrogen) atoms. The van der Waals surface area contributed by atoms with E-state index in [-0.39, 0.29) is 5.91 Å².